The fourth-order valence-corrected chi connectivity index (χ4v) is 14.0. The number of nitrogens with two attached hydrogens (primary N) is 1. The summed E-state index contributed by atoms with van der Waals surface area (Å²) in [6.07, 6.45) is 6.77. The molecule has 7 N–H and O–H groups in total. The fraction of sp³-hybridized carbons (Fsp3) is 0.365. The van der Waals surface area contributed by atoms with Crippen molar-refractivity contribution in [2.24, 2.45) is 12.8 Å². The van der Waals surface area contributed by atoms with E-state index in [-0.39, 0.29) is 36.8 Å². The third kappa shape index (κ3) is 13.4. The second kappa shape index (κ2) is 27.9. The summed E-state index contributed by atoms with van der Waals surface area (Å²) in [6.45, 7) is 4.53. The van der Waals surface area contributed by atoms with Gasteiger partial charge in [-0.2, -0.15) is 0 Å². The molecule has 0 spiro atoms. The van der Waals surface area contributed by atoms with Crippen LogP contribution in [-0.2, 0) is 41.3 Å². The number of primary amides is 1. The average molecular weight is 1330 g/mol. The molecule has 2 atom stereocenters. The summed E-state index contributed by atoms with van der Waals surface area (Å²) in [5, 5.41) is 21.8. The van der Waals surface area contributed by atoms with Crippen LogP contribution in [0.5, 0.6) is 5.75 Å². The van der Waals surface area contributed by atoms with Crippen LogP contribution in [0.15, 0.2) is 139 Å². The number of aromatic nitrogens is 4. The number of likely N-dealkylation sites (tertiary alicyclic amines) is 1. The van der Waals surface area contributed by atoms with Crippen LogP contribution in [-0.4, -0.2) is 172 Å². The highest BCUT2D eigenvalue weighted by atomic mass is 16.6. The first-order valence-electron chi connectivity index (χ1n) is 33.2. The monoisotopic (exact) mass is 1330 g/mol. The maximum absolute atomic E-state index is 14.1. The number of pyridine rings is 1. The topological polar surface area (TPSA) is 292 Å². The second-order valence-corrected chi connectivity index (χ2v) is 26.1. The predicted octanol–water partition coefficient (Wildman–Crippen LogP) is 6.80. The van der Waals surface area contributed by atoms with E-state index in [0.29, 0.717) is 46.7 Å². The van der Waals surface area contributed by atoms with Gasteiger partial charge in [0.15, 0.2) is 11.7 Å². The van der Waals surface area contributed by atoms with Crippen molar-refractivity contribution in [3.8, 4) is 39.8 Å². The highest BCUT2D eigenvalue weighted by molar-refractivity contribution is 6.07. The lowest BCUT2D eigenvalue weighted by Crippen LogP contribution is -2.56. The van der Waals surface area contributed by atoms with Crippen LogP contribution in [0.1, 0.15) is 92.3 Å². The van der Waals surface area contributed by atoms with Crippen molar-refractivity contribution in [2.75, 3.05) is 83.0 Å². The Bertz CT molecular complexity index is 4480. The number of carbonyl (C=O) groups excluding carboxylic acids is 6. The zero-order chi connectivity index (χ0) is 68.4. The van der Waals surface area contributed by atoms with E-state index in [0.717, 1.165) is 130 Å². The molecule has 3 aromatic heterocycles. The summed E-state index contributed by atoms with van der Waals surface area (Å²) in [5.74, 6) is 4.45. The number of aromatic amines is 1. The van der Waals surface area contributed by atoms with Crippen molar-refractivity contribution in [3.05, 3.63) is 172 Å². The van der Waals surface area contributed by atoms with Crippen LogP contribution >= 0.6 is 0 Å². The summed E-state index contributed by atoms with van der Waals surface area (Å²) in [6, 6.07) is 36.3. The Morgan fingerprint density at radius 3 is 2.24 bits per heavy atom. The molecule has 0 unspecified atom stereocenters. The molecule has 0 radical (unpaired) electrons. The van der Waals surface area contributed by atoms with E-state index in [1.165, 1.54) is 19.1 Å². The van der Waals surface area contributed by atoms with E-state index < -0.39 is 73.1 Å². The molecule has 24 heteroatoms. The SMILES string of the molecule is COc1ccc(C#CCNC2(C)CCN(C3CCN(c4nc([C@@](CO)(OC5CC5)c5ccccc5)c5cc(-c6cn(C)c(=O)c7[nH]ccc67)ccc5n4)CC3)CC2)cc1N1CCC(=O)N(CNC(=O)CNC(=O)[C@H](CC(N)=O)N(C)C(=O)OC2c3ccccc3-c3ccccc32)C1=O. The summed E-state index contributed by atoms with van der Waals surface area (Å²) in [4.78, 5) is 115. The number of nitrogens with one attached hydrogen (secondary N) is 4. The Morgan fingerprint density at radius 1 is 0.837 bits per heavy atom. The Kier molecular flexibility index (Phi) is 18.9. The number of hydrogen-bond acceptors (Lipinski definition) is 16. The van der Waals surface area contributed by atoms with Gasteiger partial charge in [-0.05, 0) is 104 Å². The first kappa shape index (κ1) is 66.2. The van der Waals surface area contributed by atoms with Crippen molar-refractivity contribution in [1.29, 1.82) is 0 Å². The van der Waals surface area contributed by atoms with Gasteiger partial charge in [0.25, 0.3) is 5.56 Å². The molecule has 7 amide bonds. The molecule has 13 rings (SSSR count). The van der Waals surface area contributed by atoms with Crippen molar-refractivity contribution < 1.29 is 48.1 Å². The van der Waals surface area contributed by atoms with Crippen LogP contribution in [0.3, 0.4) is 0 Å². The van der Waals surface area contributed by atoms with Gasteiger partial charge in [0, 0.05) is 110 Å². The van der Waals surface area contributed by atoms with E-state index in [1.807, 2.05) is 103 Å². The highest BCUT2D eigenvalue weighted by Crippen LogP contribution is 2.47. The van der Waals surface area contributed by atoms with E-state index in [2.05, 4.69) is 55.6 Å². The van der Waals surface area contributed by atoms with Gasteiger partial charge in [-0.3, -0.25) is 33.8 Å². The number of aliphatic hydroxyl groups is 1. The number of methoxy groups -OCH3 is 1. The number of piperidine rings is 2. The minimum Gasteiger partial charge on any atom is -0.495 e. The van der Waals surface area contributed by atoms with Crippen LogP contribution in [0.25, 0.3) is 44.1 Å². The van der Waals surface area contributed by atoms with E-state index in [9.17, 15) is 38.7 Å². The lowest BCUT2D eigenvalue weighted by Gasteiger charge is -2.45. The summed E-state index contributed by atoms with van der Waals surface area (Å²) >= 11 is 0. The predicted molar refractivity (Wildman–Crippen MR) is 369 cm³/mol. The normalized spacial score (nSPS) is 17.3. The Balaban J connectivity index is 0.605. The smallest absolute Gasteiger partial charge is 0.411 e. The molecular formula is C74H79N13O11. The van der Waals surface area contributed by atoms with Gasteiger partial charge >= 0.3 is 12.1 Å². The molecule has 2 aliphatic carbocycles. The number of aliphatic hydroxyl groups excluding tert-OH is 1. The third-order valence-electron chi connectivity index (χ3n) is 19.7. The van der Waals surface area contributed by atoms with Gasteiger partial charge in [-0.1, -0.05) is 96.8 Å². The van der Waals surface area contributed by atoms with Crippen LogP contribution in [0.2, 0.25) is 0 Å². The van der Waals surface area contributed by atoms with Gasteiger partial charge in [-0.15, -0.1) is 0 Å². The summed E-state index contributed by atoms with van der Waals surface area (Å²) in [5.41, 5.74) is 12.7. The number of amides is 7. The number of imide groups is 1. The number of hydrogen-bond donors (Lipinski definition) is 6. The largest absolute Gasteiger partial charge is 0.495 e. The molecule has 98 heavy (non-hydrogen) atoms. The molecule has 0 bridgehead atoms. The van der Waals surface area contributed by atoms with Gasteiger partial charge in [0.05, 0.1) is 56.2 Å². The lowest BCUT2D eigenvalue weighted by molar-refractivity contribution is -0.132. The Hall–Kier alpha value is -10.5. The molecular weight excluding hydrogens is 1250 g/mol. The van der Waals surface area contributed by atoms with Crippen molar-refractivity contribution in [3.63, 3.8) is 0 Å². The van der Waals surface area contributed by atoms with Crippen molar-refractivity contribution in [2.45, 2.75) is 93.7 Å². The van der Waals surface area contributed by atoms with E-state index >= 15 is 0 Å². The zero-order valence-electron chi connectivity index (χ0n) is 55.2. The highest BCUT2D eigenvalue weighted by Gasteiger charge is 2.45. The number of urea groups is 1. The minimum atomic E-state index is -1.44. The average Bonchev–Trinajstić information content (AvgIpc) is 0.931. The first-order chi connectivity index (χ1) is 47.4. The third-order valence-corrected chi connectivity index (χ3v) is 19.7. The van der Waals surface area contributed by atoms with Gasteiger partial charge in [0.1, 0.15) is 24.0 Å². The Labute approximate surface area is 566 Å². The minimum absolute atomic E-state index is 0.0260. The number of fused-ring (bicyclic) bond motifs is 5. The molecule has 5 aromatic carbocycles. The molecule has 24 nitrogen and oxygen atoms in total. The molecule has 3 saturated heterocycles. The quantitative estimate of drug-likeness (QED) is 0.0403. The number of aryl methyl sites for hydroxylation is 1. The first-order valence-corrected chi connectivity index (χ1v) is 33.2. The number of ether oxygens (including phenoxy) is 3. The maximum atomic E-state index is 14.1. The number of carbonyl (C=O) groups is 6. The molecule has 506 valence electrons. The second-order valence-electron chi connectivity index (χ2n) is 26.1. The number of rotatable bonds is 21. The number of benzene rings is 5. The molecule has 5 aliphatic rings. The summed E-state index contributed by atoms with van der Waals surface area (Å²) < 4.78 is 20.1. The number of anilines is 2. The van der Waals surface area contributed by atoms with Crippen LogP contribution < -0.4 is 41.8 Å². The molecule has 4 fully saturated rings. The number of likely N-dealkylation sites (N-methyl/N-ethyl adjacent to an activating group) is 1. The standard InChI is InChI=1S/C74H79N13O11/c1-73(30-37-84(38-31-73)49-27-34-85(35-28-49)70-80-58-24-21-47(57-43-82(2)69(93)65-53(57)26-33-76-65)40-56(58)67(81-70)74(44-88,98-50-22-23-50)48-14-6-5-7-15-48)79-32-12-13-46-20-25-61(96-4)59(39-46)86-36-29-64(91)87(71(86)94)45-78-63(90)42-77-68(92)60(41-62(75)89)83(3)72(95)97-66-54-18-10-8-16-51(54)52-17-9-11-19-55(52)66/h5-11,14-21,24-26,33,39-40,43,49-50,60,66,76,79,88H,22-23,27-32,34-38,41-42,44-45H2,1-4H3,(H2,75,89)(H,77,92)(H,78,90)/t60-,74-/m0/s1. The molecule has 1 saturated carbocycles. The van der Waals surface area contributed by atoms with Crippen molar-refractivity contribution >= 4 is 69.2 Å². The molecule has 8 aromatic rings. The van der Waals surface area contributed by atoms with E-state index in [4.69, 9.17) is 29.9 Å². The number of H-pyrrole nitrogens is 1. The van der Waals surface area contributed by atoms with Crippen molar-refractivity contribution in [1.82, 2.24) is 50.2 Å². The van der Waals surface area contributed by atoms with Gasteiger partial charge < -0.3 is 60.4 Å². The number of nitrogens with zero attached hydrogens (tertiary/aromatic N) is 8. The Morgan fingerprint density at radius 2 is 1.55 bits per heavy atom. The fourth-order valence-electron chi connectivity index (χ4n) is 14.0. The zero-order valence-corrected chi connectivity index (χ0v) is 55.2. The lowest BCUT2D eigenvalue weighted by atomic mass is 9.87. The van der Waals surface area contributed by atoms with Gasteiger partial charge in [0.2, 0.25) is 29.6 Å². The van der Waals surface area contributed by atoms with E-state index in [1.54, 1.807) is 36.0 Å². The van der Waals surface area contributed by atoms with Crippen LogP contribution in [0, 0.1) is 11.8 Å². The maximum Gasteiger partial charge on any atom is 0.411 e. The molecule has 3 aliphatic heterocycles. The van der Waals surface area contributed by atoms with Gasteiger partial charge in [-0.25, -0.2) is 24.5 Å². The molecule has 6 heterocycles. The van der Waals surface area contributed by atoms with Crippen LogP contribution in [0.4, 0.5) is 21.2 Å². The summed E-state index contributed by atoms with van der Waals surface area (Å²) in [7, 11) is 4.52.